The zero-order valence-corrected chi connectivity index (χ0v) is 13.9. The van der Waals surface area contributed by atoms with Gasteiger partial charge in [-0.2, -0.15) is 0 Å². The van der Waals surface area contributed by atoms with E-state index < -0.39 is 10.0 Å². The Bertz CT molecular complexity index is 730. The fourth-order valence-corrected chi connectivity index (χ4v) is 3.21. The van der Waals surface area contributed by atoms with Crippen LogP contribution in [-0.4, -0.2) is 40.7 Å². The summed E-state index contributed by atoms with van der Waals surface area (Å²) in [6.45, 7) is 0.941. The summed E-state index contributed by atoms with van der Waals surface area (Å²) in [6, 6.07) is 7.36. The molecule has 0 aliphatic rings. The number of anilines is 1. The van der Waals surface area contributed by atoms with E-state index in [1.165, 1.54) is 6.20 Å². The first kappa shape index (κ1) is 16.5. The summed E-state index contributed by atoms with van der Waals surface area (Å²) in [6.07, 6.45) is 1.26. The number of nitrogens with two attached hydrogens (primary N) is 1. The van der Waals surface area contributed by atoms with Crippen molar-refractivity contribution >= 4 is 26.5 Å². The first-order valence-corrected chi connectivity index (χ1v) is 8.73. The van der Waals surface area contributed by atoms with Crippen molar-refractivity contribution in [2.24, 2.45) is 5.14 Å². The van der Waals surface area contributed by atoms with Gasteiger partial charge < -0.3 is 14.4 Å². The number of ether oxygens (including phenoxy) is 2. The summed E-state index contributed by atoms with van der Waals surface area (Å²) < 4.78 is 33.4. The van der Waals surface area contributed by atoms with Crippen LogP contribution in [0.2, 0.25) is 0 Å². The molecule has 22 heavy (non-hydrogen) atoms. The molecule has 7 nitrogen and oxygen atoms in total. The van der Waals surface area contributed by atoms with Crippen LogP contribution in [0.3, 0.4) is 0 Å². The molecule has 1 aromatic carbocycles. The second-order valence-corrected chi connectivity index (χ2v) is 7.23. The lowest BCUT2D eigenvalue weighted by molar-refractivity contribution is 0.301. The second-order valence-electron chi connectivity index (χ2n) is 4.43. The standard InChI is InChI=1S/C13H17N3O4S2/c1-16(13-15-9-12(21-13)22(14,17)18)7-8-20-11-6-4-3-5-10(11)19-2/h3-6,9H,7-8H2,1-2H3,(H2,14,17,18). The Labute approximate surface area is 133 Å². The topological polar surface area (TPSA) is 94.8 Å². The molecular weight excluding hydrogens is 326 g/mol. The van der Waals surface area contributed by atoms with Gasteiger partial charge in [0, 0.05) is 7.05 Å². The van der Waals surface area contributed by atoms with Crippen LogP contribution < -0.4 is 19.5 Å². The zero-order valence-electron chi connectivity index (χ0n) is 12.2. The van der Waals surface area contributed by atoms with Crippen LogP contribution >= 0.6 is 11.3 Å². The number of aromatic nitrogens is 1. The molecule has 0 atom stereocenters. The van der Waals surface area contributed by atoms with Gasteiger partial charge in [0.1, 0.15) is 6.61 Å². The van der Waals surface area contributed by atoms with Crippen molar-refractivity contribution in [2.75, 3.05) is 32.2 Å². The average molecular weight is 343 g/mol. The molecule has 120 valence electrons. The molecule has 0 aliphatic heterocycles. The quantitative estimate of drug-likeness (QED) is 0.814. The SMILES string of the molecule is COc1ccccc1OCCN(C)c1ncc(S(N)(=O)=O)s1. The minimum absolute atomic E-state index is 0.0417. The molecule has 1 aromatic heterocycles. The van der Waals surface area contributed by atoms with Crippen molar-refractivity contribution in [3.8, 4) is 11.5 Å². The number of thiazole rings is 1. The predicted octanol–water partition coefficient (Wildman–Crippen LogP) is 1.31. The van der Waals surface area contributed by atoms with Crippen LogP contribution in [0, 0.1) is 0 Å². The molecular formula is C13H17N3O4S2. The maximum atomic E-state index is 11.2. The van der Waals surface area contributed by atoms with Gasteiger partial charge in [0.15, 0.2) is 20.8 Å². The number of hydrogen-bond acceptors (Lipinski definition) is 7. The Morgan fingerprint density at radius 2 is 2.00 bits per heavy atom. The minimum atomic E-state index is -3.71. The van der Waals surface area contributed by atoms with Gasteiger partial charge in [0.25, 0.3) is 0 Å². The molecule has 0 aliphatic carbocycles. The Balaban J connectivity index is 1.93. The monoisotopic (exact) mass is 343 g/mol. The molecule has 1 heterocycles. The number of para-hydroxylation sites is 2. The molecule has 0 saturated carbocycles. The maximum Gasteiger partial charge on any atom is 0.249 e. The molecule has 0 radical (unpaired) electrons. The van der Waals surface area contributed by atoms with Crippen molar-refractivity contribution in [2.45, 2.75) is 4.21 Å². The van der Waals surface area contributed by atoms with E-state index in [1.54, 1.807) is 19.1 Å². The van der Waals surface area contributed by atoms with Crippen molar-refractivity contribution < 1.29 is 17.9 Å². The summed E-state index contributed by atoms with van der Waals surface area (Å²) in [7, 11) is -0.322. The van der Waals surface area contributed by atoms with E-state index in [0.29, 0.717) is 29.8 Å². The van der Waals surface area contributed by atoms with Gasteiger partial charge in [0.05, 0.1) is 19.9 Å². The Morgan fingerprint density at radius 1 is 1.32 bits per heavy atom. The molecule has 0 saturated heterocycles. The van der Waals surface area contributed by atoms with Crippen molar-refractivity contribution in [1.82, 2.24) is 4.98 Å². The van der Waals surface area contributed by atoms with Gasteiger partial charge in [-0.3, -0.25) is 0 Å². The van der Waals surface area contributed by atoms with Crippen molar-refractivity contribution in [3.63, 3.8) is 0 Å². The number of benzene rings is 1. The zero-order chi connectivity index (χ0) is 16.2. The molecule has 2 aromatic rings. The van der Waals surface area contributed by atoms with Gasteiger partial charge in [0.2, 0.25) is 10.0 Å². The largest absolute Gasteiger partial charge is 0.493 e. The number of nitrogens with zero attached hydrogens (tertiary/aromatic N) is 2. The molecule has 0 fully saturated rings. The Kier molecular flexibility index (Phi) is 5.22. The van der Waals surface area contributed by atoms with Crippen molar-refractivity contribution in [1.29, 1.82) is 0 Å². The normalized spacial score (nSPS) is 11.2. The van der Waals surface area contributed by atoms with E-state index in [4.69, 9.17) is 14.6 Å². The maximum absolute atomic E-state index is 11.2. The molecule has 0 bridgehead atoms. The smallest absolute Gasteiger partial charge is 0.249 e. The van der Waals surface area contributed by atoms with Crippen molar-refractivity contribution in [3.05, 3.63) is 30.5 Å². The summed E-state index contributed by atoms with van der Waals surface area (Å²) in [5, 5.41) is 5.63. The lowest BCUT2D eigenvalue weighted by Gasteiger charge is -2.16. The summed E-state index contributed by atoms with van der Waals surface area (Å²) in [5.41, 5.74) is 0. The third-order valence-corrected chi connectivity index (χ3v) is 5.35. The highest BCUT2D eigenvalue weighted by Gasteiger charge is 2.15. The third-order valence-electron chi connectivity index (χ3n) is 2.83. The van der Waals surface area contributed by atoms with Gasteiger partial charge in [-0.15, -0.1) is 0 Å². The summed E-state index contributed by atoms with van der Waals surface area (Å²) in [5.74, 6) is 1.32. The second kappa shape index (κ2) is 6.95. The third kappa shape index (κ3) is 4.09. The highest BCUT2D eigenvalue weighted by atomic mass is 32.2. The average Bonchev–Trinajstić information content (AvgIpc) is 2.97. The van der Waals surface area contributed by atoms with Crippen LogP contribution in [0.5, 0.6) is 11.5 Å². The summed E-state index contributed by atoms with van der Waals surface area (Å²) >= 11 is 1.02. The predicted molar refractivity (Wildman–Crippen MR) is 85.2 cm³/mol. The molecule has 2 rings (SSSR count). The fourth-order valence-electron chi connectivity index (χ4n) is 1.68. The number of likely N-dealkylation sites (N-methyl/N-ethyl adjacent to an activating group) is 1. The van der Waals surface area contributed by atoms with E-state index in [2.05, 4.69) is 4.98 Å². The number of methoxy groups -OCH3 is 1. The number of sulfonamides is 1. The Morgan fingerprint density at radius 3 is 2.59 bits per heavy atom. The lowest BCUT2D eigenvalue weighted by atomic mass is 10.3. The first-order chi connectivity index (χ1) is 10.4. The molecule has 9 heteroatoms. The first-order valence-electron chi connectivity index (χ1n) is 6.37. The van der Waals surface area contributed by atoms with Gasteiger partial charge in [-0.1, -0.05) is 23.5 Å². The number of hydrogen-bond donors (Lipinski definition) is 1. The fraction of sp³-hybridized carbons (Fsp3) is 0.308. The molecule has 0 spiro atoms. The molecule has 0 unspecified atom stereocenters. The lowest BCUT2D eigenvalue weighted by Crippen LogP contribution is -2.23. The van der Waals surface area contributed by atoms with Crippen LogP contribution in [0.4, 0.5) is 5.13 Å². The highest BCUT2D eigenvalue weighted by Crippen LogP contribution is 2.26. The molecule has 2 N–H and O–H groups in total. The molecule has 0 amide bonds. The van der Waals surface area contributed by atoms with Gasteiger partial charge >= 0.3 is 0 Å². The summed E-state index contributed by atoms with van der Waals surface area (Å²) in [4.78, 5) is 5.85. The minimum Gasteiger partial charge on any atom is -0.493 e. The van der Waals surface area contributed by atoms with Crippen LogP contribution in [0.15, 0.2) is 34.7 Å². The van der Waals surface area contributed by atoms with E-state index in [0.717, 1.165) is 11.3 Å². The van der Waals surface area contributed by atoms with E-state index in [1.807, 2.05) is 24.3 Å². The van der Waals surface area contributed by atoms with Crippen LogP contribution in [0.25, 0.3) is 0 Å². The number of rotatable bonds is 7. The highest BCUT2D eigenvalue weighted by molar-refractivity contribution is 7.91. The van der Waals surface area contributed by atoms with Crippen LogP contribution in [-0.2, 0) is 10.0 Å². The van der Waals surface area contributed by atoms with E-state index in [9.17, 15) is 8.42 Å². The van der Waals surface area contributed by atoms with Gasteiger partial charge in [-0.25, -0.2) is 18.5 Å². The van der Waals surface area contributed by atoms with E-state index in [-0.39, 0.29) is 4.21 Å². The van der Waals surface area contributed by atoms with E-state index >= 15 is 0 Å². The van der Waals surface area contributed by atoms with Crippen LogP contribution in [0.1, 0.15) is 0 Å². The Hall–Kier alpha value is -1.84. The van der Waals surface area contributed by atoms with Gasteiger partial charge in [-0.05, 0) is 12.1 Å². The number of primary sulfonamides is 1.